The zero-order chi connectivity index (χ0) is 35.1. The van der Waals surface area contributed by atoms with Gasteiger partial charge in [0.15, 0.2) is 22.3 Å². The minimum absolute atomic E-state index is 0.0575. The maximum absolute atomic E-state index is 13.0. The number of rotatable bonds is 9. The number of anilines is 1. The standard InChI is InChI=1S/C24H22N10O12S2/c1-46-30-17(13-8-47-22(25)28-13)18(37)27-12-7-32(20(12)39)23(42)31-48(44,45)34-3-2-33(24(34)43)29-19(38)16-10(21(40)41)4-9-5-14(35)15(36)6-11(9)26-16/h4-6,8,12,35-36H,2-3,7H2,1H3,(H2,25,28)(H,27,37)(H,29,38)(H,31,42)(H,40,41)/b30-17-. The van der Waals surface area contributed by atoms with Crippen molar-refractivity contribution in [3.8, 4) is 11.5 Å². The van der Waals surface area contributed by atoms with Gasteiger partial charge in [-0.1, -0.05) is 5.16 Å². The maximum atomic E-state index is 13.0. The van der Waals surface area contributed by atoms with Crippen molar-refractivity contribution in [3.63, 3.8) is 0 Å². The second-order valence-corrected chi connectivity index (χ2v) is 12.2. The Labute approximate surface area is 271 Å². The first-order valence-corrected chi connectivity index (χ1v) is 15.4. The summed E-state index contributed by atoms with van der Waals surface area (Å²) in [7, 11) is -3.78. The summed E-state index contributed by atoms with van der Waals surface area (Å²) >= 11 is 1.01. The number of imide groups is 1. The van der Waals surface area contributed by atoms with Crippen molar-refractivity contribution >= 4 is 79.0 Å². The van der Waals surface area contributed by atoms with Crippen LogP contribution in [0.3, 0.4) is 0 Å². The van der Waals surface area contributed by atoms with Crippen LogP contribution in [0.15, 0.2) is 28.7 Å². The molecule has 22 nitrogen and oxygen atoms in total. The number of β-lactam (4-membered cyclic amide) rings is 1. The highest BCUT2D eigenvalue weighted by atomic mass is 32.2. The van der Waals surface area contributed by atoms with Crippen LogP contribution < -0.4 is 21.2 Å². The SMILES string of the molecule is CO/N=C(\C(=O)NC1CN(C(=O)NS(=O)(=O)N2CCN(NC(=O)c3nc4cc(O)c(O)cc4cc3C(=O)O)C2=O)C1=O)c1csc(N)n1. The van der Waals surface area contributed by atoms with Gasteiger partial charge in [-0.25, -0.2) is 38.4 Å². The van der Waals surface area contributed by atoms with Gasteiger partial charge in [0, 0.05) is 16.8 Å². The predicted molar refractivity (Wildman–Crippen MR) is 159 cm³/mol. The fourth-order valence-corrected chi connectivity index (χ4v) is 6.03. The number of carboxylic acid groups (broad SMARTS) is 1. The van der Waals surface area contributed by atoms with Gasteiger partial charge in [-0.15, -0.1) is 11.3 Å². The average Bonchev–Trinajstić information content (AvgIpc) is 3.62. The van der Waals surface area contributed by atoms with Gasteiger partial charge in [0.05, 0.1) is 30.7 Å². The highest BCUT2D eigenvalue weighted by Crippen LogP contribution is 2.30. The Balaban J connectivity index is 1.21. The van der Waals surface area contributed by atoms with Crippen molar-refractivity contribution in [2.24, 2.45) is 5.16 Å². The molecule has 2 aliphatic rings. The van der Waals surface area contributed by atoms with Gasteiger partial charge in [-0.2, -0.15) is 8.42 Å². The number of pyridine rings is 1. The monoisotopic (exact) mass is 706 g/mol. The highest BCUT2D eigenvalue weighted by molar-refractivity contribution is 7.88. The number of hydrogen-bond donors (Lipinski definition) is 7. The summed E-state index contributed by atoms with van der Waals surface area (Å²) in [4.78, 5) is 88.4. The number of phenolic OH excluding ortho intramolecular Hbond substituents is 2. The molecule has 0 aliphatic carbocycles. The molecule has 1 unspecified atom stereocenters. The van der Waals surface area contributed by atoms with Crippen LogP contribution in [0.1, 0.15) is 26.5 Å². The number of nitrogens with zero attached hydrogens (tertiary/aromatic N) is 6. The number of oxime groups is 1. The first kappa shape index (κ1) is 33.1. The van der Waals surface area contributed by atoms with E-state index in [2.05, 4.69) is 25.3 Å². The summed E-state index contributed by atoms with van der Waals surface area (Å²) in [6.07, 6.45) is 0. The summed E-state index contributed by atoms with van der Waals surface area (Å²) in [6.45, 7) is -1.48. The number of hydrazine groups is 1. The summed E-state index contributed by atoms with van der Waals surface area (Å²) in [6, 6.07) is -1.07. The minimum atomic E-state index is -4.95. The lowest BCUT2D eigenvalue weighted by Gasteiger charge is -2.36. The first-order valence-electron chi connectivity index (χ1n) is 13.1. The number of carboxylic acids is 1. The van der Waals surface area contributed by atoms with E-state index in [4.69, 9.17) is 5.73 Å². The Kier molecular flexibility index (Phi) is 8.60. The number of thiazole rings is 1. The lowest BCUT2D eigenvalue weighted by Crippen LogP contribution is -2.68. The number of nitrogen functional groups attached to an aromatic ring is 1. The number of nitrogens with one attached hydrogen (secondary N) is 3. The van der Waals surface area contributed by atoms with Crippen LogP contribution in [-0.4, -0.2) is 122 Å². The topological polar surface area (TPSA) is 316 Å². The molecule has 2 saturated heterocycles. The molecule has 1 aromatic carbocycles. The molecule has 7 amide bonds. The Bertz CT molecular complexity index is 2050. The number of benzene rings is 1. The van der Waals surface area contributed by atoms with Gasteiger partial charge in [0.2, 0.25) is 0 Å². The van der Waals surface area contributed by atoms with E-state index in [0.717, 1.165) is 29.5 Å². The molecule has 0 bridgehead atoms. The van der Waals surface area contributed by atoms with E-state index < -0.39 is 94.4 Å². The average molecular weight is 707 g/mol. The van der Waals surface area contributed by atoms with E-state index in [9.17, 15) is 52.5 Å². The highest BCUT2D eigenvalue weighted by Gasteiger charge is 2.46. The van der Waals surface area contributed by atoms with Gasteiger partial charge in [-0.3, -0.25) is 24.7 Å². The molecule has 48 heavy (non-hydrogen) atoms. The molecule has 24 heteroatoms. The number of hydrogen-bond acceptors (Lipinski definition) is 16. The summed E-state index contributed by atoms with van der Waals surface area (Å²) in [5.74, 6) is -5.91. The summed E-state index contributed by atoms with van der Waals surface area (Å²) in [5, 5.41) is 37.0. The fraction of sp³-hybridized carbons (Fsp3) is 0.208. The number of aromatic nitrogens is 2. The van der Waals surface area contributed by atoms with Crippen molar-refractivity contribution < 1.29 is 57.3 Å². The zero-order valence-electron chi connectivity index (χ0n) is 24.1. The van der Waals surface area contributed by atoms with Gasteiger partial charge in [0.1, 0.15) is 24.5 Å². The van der Waals surface area contributed by atoms with Crippen molar-refractivity contribution in [2.45, 2.75) is 6.04 Å². The molecular weight excluding hydrogens is 684 g/mol. The van der Waals surface area contributed by atoms with Crippen molar-refractivity contribution in [1.82, 2.24) is 39.6 Å². The Morgan fingerprint density at radius 1 is 1.10 bits per heavy atom. The number of carbonyl (C=O) groups is 6. The molecule has 2 fully saturated rings. The first-order chi connectivity index (χ1) is 22.6. The second-order valence-electron chi connectivity index (χ2n) is 9.75. The predicted octanol–water partition coefficient (Wildman–Crippen LogP) is -1.90. The van der Waals surface area contributed by atoms with Crippen molar-refractivity contribution in [2.75, 3.05) is 32.5 Å². The largest absolute Gasteiger partial charge is 0.504 e. The van der Waals surface area contributed by atoms with Gasteiger partial charge >= 0.3 is 28.2 Å². The van der Waals surface area contributed by atoms with E-state index in [1.54, 1.807) is 4.72 Å². The van der Waals surface area contributed by atoms with Crippen LogP contribution in [0, 0.1) is 0 Å². The summed E-state index contributed by atoms with van der Waals surface area (Å²) < 4.78 is 27.5. The zero-order valence-corrected chi connectivity index (χ0v) is 25.7. The van der Waals surface area contributed by atoms with Crippen molar-refractivity contribution in [3.05, 3.63) is 40.5 Å². The number of fused-ring (bicyclic) bond motifs is 1. The Morgan fingerprint density at radius 3 is 2.44 bits per heavy atom. The van der Waals surface area contributed by atoms with E-state index in [1.165, 1.54) is 12.5 Å². The fourth-order valence-electron chi connectivity index (χ4n) is 4.41. The van der Waals surface area contributed by atoms with Gasteiger partial charge < -0.3 is 31.2 Å². The molecular formula is C24H22N10O12S2. The van der Waals surface area contributed by atoms with E-state index in [0.29, 0.717) is 9.91 Å². The molecule has 4 heterocycles. The van der Waals surface area contributed by atoms with Crippen LogP contribution in [0.5, 0.6) is 11.5 Å². The van der Waals surface area contributed by atoms with E-state index >= 15 is 0 Å². The molecule has 0 spiro atoms. The van der Waals surface area contributed by atoms with Crippen LogP contribution in [0.4, 0.5) is 14.7 Å². The van der Waals surface area contributed by atoms with Crippen LogP contribution in [-0.2, 0) is 24.6 Å². The maximum Gasteiger partial charge on any atom is 0.353 e. The second kappa shape index (κ2) is 12.5. The quantitative estimate of drug-likeness (QED) is 0.0553. The Hall–Kier alpha value is -6.30. The van der Waals surface area contributed by atoms with Crippen molar-refractivity contribution in [1.29, 1.82) is 0 Å². The third kappa shape index (κ3) is 6.23. The molecule has 1 atom stereocenters. The van der Waals surface area contributed by atoms with E-state index in [-0.39, 0.29) is 31.7 Å². The number of aromatic carboxylic acids is 1. The van der Waals surface area contributed by atoms with Gasteiger partial charge in [0.25, 0.3) is 17.7 Å². The number of amides is 7. The number of carbonyl (C=O) groups excluding carboxylic acids is 5. The molecule has 2 aliphatic heterocycles. The molecule has 8 N–H and O–H groups in total. The third-order valence-corrected chi connectivity index (χ3v) is 8.74. The number of likely N-dealkylation sites (tertiary alicyclic amines) is 1. The molecule has 0 saturated carbocycles. The summed E-state index contributed by atoms with van der Waals surface area (Å²) in [5.41, 5.74) is 5.92. The normalized spacial score (nSPS) is 16.5. The van der Waals surface area contributed by atoms with Gasteiger partial charge in [-0.05, 0) is 12.1 Å². The lowest BCUT2D eigenvalue weighted by molar-refractivity contribution is -0.141. The molecule has 5 rings (SSSR count). The minimum Gasteiger partial charge on any atom is -0.504 e. The van der Waals surface area contributed by atoms with Crippen LogP contribution >= 0.6 is 11.3 Å². The third-order valence-electron chi connectivity index (χ3n) is 6.71. The van der Waals surface area contributed by atoms with E-state index in [1.807, 2.05) is 5.43 Å². The smallest absolute Gasteiger partial charge is 0.353 e. The Morgan fingerprint density at radius 2 is 1.81 bits per heavy atom. The molecule has 252 valence electrons. The molecule has 2 aromatic heterocycles. The lowest BCUT2D eigenvalue weighted by atomic mass is 10.1. The van der Waals surface area contributed by atoms with Crippen LogP contribution in [0.25, 0.3) is 10.9 Å². The number of aromatic hydroxyl groups is 2. The van der Waals surface area contributed by atoms with Crippen LogP contribution in [0.2, 0.25) is 0 Å². The number of nitrogens with two attached hydrogens (primary N) is 1. The number of urea groups is 2. The number of phenols is 2. The molecule has 3 aromatic rings. The molecule has 0 radical (unpaired) electrons.